The lowest BCUT2D eigenvalue weighted by Crippen LogP contribution is -2.57. The third kappa shape index (κ3) is 2.82. The molecule has 1 unspecified atom stereocenters. The number of benzene rings is 1. The molecular formula is C21H26N2O4. The molecule has 3 amide bonds. The fraction of sp³-hybridized carbons (Fsp3) is 0.571. The number of likely N-dealkylation sites (tertiary alicyclic amines) is 1. The van der Waals surface area contributed by atoms with E-state index in [1.165, 1.54) is 11.3 Å². The number of rotatable bonds is 2. The number of piperidine rings is 1. The second-order valence-electron chi connectivity index (χ2n) is 7.75. The second kappa shape index (κ2) is 6.98. The van der Waals surface area contributed by atoms with Gasteiger partial charge in [-0.05, 0) is 37.8 Å². The van der Waals surface area contributed by atoms with E-state index in [-0.39, 0.29) is 24.5 Å². The molecule has 1 spiro atoms. The SMILES string of the molecule is CCOC(=O)N1C(=O)C2(CCC(=O)N(C3CCCCC3)C2)c2ccccc21. The zero-order valence-electron chi connectivity index (χ0n) is 15.8. The summed E-state index contributed by atoms with van der Waals surface area (Å²) >= 11 is 0. The number of hydrogen-bond acceptors (Lipinski definition) is 4. The van der Waals surface area contributed by atoms with Crippen molar-refractivity contribution in [1.29, 1.82) is 0 Å². The van der Waals surface area contributed by atoms with Crippen LogP contribution in [0.4, 0.5) is 10.5 Å². The van der Waals surface area contributed by atoms with Crippen molar-refractivity contribution in [2.75, 3.05) is 18.1 Å². The van der Waals surface area contributed by atoms with Crippen LogP contribution in [0.1, 0.15) is 57.4 Å². The molecular weight excluding hydrogens is 344 g/mol. The number of carbonyl (C=O) groups is 3. The van der Waals surface area contributed by atoms with Crippen molar-refractivity contribution in [3.63, 3.8) is 0 Å². The molecule has 6 heteroatoms. The van der Waals surface area contributed by atoms with Crippen LogP contribution < -0.4 is 4.90 Å². The van der Waals surface area contributed by atoms with Crippen LogP contribution in [0.5, 0.6) is 0 Å². The number of imide groups is 1. The van der Waals surface area contributed by atoms with Crippen molar-refractivity contribution in [3.8, 4) is 0 Å². The molecule has 0 aromatic heterocycles. The Hall–Kier alpha value is -2.37. The Morgan fingerprint density at radius 2 is 1.93 bits per heavy atom. The summed E-state index contributed by atoms with van der Waals surface area (Å²) in [6.45, 7) is 2.30. The number of amides is 3. The van der Waals surface area contributed by atoms with Gasteiger partial charge in [-0.1, -0.05) is 37.5 Å². The summed E-state index contributed by atoms with van der Waals surface area (Å²) in [6.07, 6.45) is 5.61. The molecule has 2 fully saturated rings. The Bertz CT molecular complexity index is 771. The summed E-state index contributed by atoms with van der Waals surface area (Å²) in [5.74, 6) is -0.122. The molecule has 1 saturated carbocycles. The van der Waals surface area contributed by atoms with Gasteiger partial charge in [0.15, 0.2) is 0 Å². The minimum atomic E-state index is -0.839. The Morgan fingerprint density at radius 3 is 2.67 bits per heavy atom. The van der Waals surface area contributed by atoms with E-state index < -0.39 is 11.5 Å². The third-order valence-electron chi connectivity index (χ3n) is 6.27. The van der Waals surface area contributed by atoms with Gasteiger partial charge in [-0.25, -0.2) is 9.69 Å². The quantitative estimate of drug-likeness (QED) is 0.800. The topological polar surface area (TPSA) is 66.9 Å². The predicted octanol–water partition coefficient (Wildman–Crippen LogP) is 3.38. The van der Waals surface area contributed by atoms with Gasteiger partial charge in [0.2, 0.25) is 11.8 Å². The molecule has 1 atom stereocenters. The molecule has 0 N–H and O–H groups in total. The normalized spacial score (nSPS) is 25.8. The van der Waals surface area contributed by atoms with E-state index in [1.54, 1.807) is 13.0 Å². The van der Waals surface area contributed by atoms with Gasteiger partial charge < -0.3 is 9.64 Å². The zero-order valence-corrected chi connectivity index (χ0v) is 15.8. The van der Waals surface area contributed by atoms with Crippen LogP contribution in [0.25, 0.3) is 0 Å². The molecule has 27 heavy (non-hydrogen) atoms. The smallest absolute Gasteiger partial charge is 0.421 e. The van der Waals surface area contributed by atoms with Crippen molar-refractivity contribution < 1.29 is 19.1 Å². The standard InChI is InChI=1S/C21H26N2O4/c1-2-27-20(26)23-17-11-7-6-10-16(17)21(19(23)25)13-12-18(24)22(14-21)15-8-4-3-5-9-15/h6-7,10-11,15H,2-5,8-9,12-14H2,1H3. The van der Waals surface area contributed by atoms with Gasteiger partial charge in [-0.3, -0.25) is 9.59 Å². The average molecular weight is 370 g/mol. The van der Waals surface area contributed by atoms with Crippen LogP contribution in [0.15, 0.2) is 24.3 Å². The molecule has 4 rings (SSSR count). The van der Waals surface area contributed by atoms with E-state index in [9.17, 15) is 14.4 Å². The summed E-state index contributed by atoms with van der Waals surface area (Å²) in [5.41, 5.74) is 0.601. The Labute approximate surface area is 159 Å². The Morgan fingerprint density at radius 1 is 1.19 bits per heavy atom. The fourth-order valence-electron chi connectivity index (χ4n) is 4.92. The van der Waals surface area contributed by atoms with Gasteiger partial charge in [0.25, 0.3) is 0 Å². The van der Waals surface area contributed by atoms with Gasteiger partial charge in [-0.15, -0.1) is 0 Å². The number of hydrogen-bond donors (Lipinski definition) is 0. The van der Waals surface area contributed by atoms with E-state index in [2.05, 4.69) is 0 Å². The highest BCUT2D eigenvalue weighted by molar-refractivity contribution is 6.21. The third-order valence-corrected chi connectivity index (χ3v) is 6.27. The minimum absolute atomic E-state index is 0.132. The molecule has 0 radical (unpaired) electrons. The molecule has 0 bridgehead atoms. The molecule has 1 aromatic rings. The van der Waals surface area contributed by atoms with E-state index in [0.717, 1.165) is 31.2 Å². The van der Waals surface area contributed by atoms with Crippen molar-refractivity contribution in [3.05, 3.63) is 29.8 Å². The molecule has 2 heterocycles. The highest BCUT2D eigenvalue weighted by Crippen LogP contribution is 2.48. The summed E-state index contributed by atoms with van der Waals surface area (Å²) in [5, 5.41) is 0. The maximum absolute atomic E-state index is 13.5. The lowest BCUT2D eigenvalue weighted by atomic mass is 9.74. The van der Waals surface area contributed by atoms with Gasteiger partial charge in [-0.2, -0.15) is 0 Å². The highest BCUT2D eigenvalue weighted by atomic mass is 16.6. The van der Waals surface area contributed by atoms with Crippen LogP contribution in [0.2, 0.25) is 0 Å². The lowest BCUT2D eigenvalue weighted by molar-refractivity contribution is -0.141. The predicted molar refractivity (Wildman–Crippen MR) is 100 cm³/mol. The van der Waals surface area contributed by atoms with E-state index in [1.807, 2.05) is 23.1 Å². The Kier molecular flexibility index (Phi) is 4.66. The molecule has 1 aliphatic carbocycles. The van der Waals surface area contributed by atoms with Crippen molar-refractivity contribution in [2.45, 2.75) is 63.3 Å². The molecule has 1 aromatic carbocycles. The summed E-state index contributed by atoms with van der Waals surface area (Å²) in [7, 11) is 0. The van der Waals surface area contributed by atoms with Crippen LogP contribution in [-0.2, 0) is 19.7 Å². The van der Waals surface area contributed by atoms with Crippen LogP contribution in [0, 0.1) is 0 Å². The minimum Gasteiger partial charge on any atom is -0.449 e. The summed E-state index contributed by atoms with van der Waals surface area (Å²) < 4.78 is 5.14. The fourth-order valence-corrected chi connectivity index (χ4v) is 4.92. The first-order chi connectivity index (χ1) is 13.1. The second-order valence-corrected chi connectivity index (χ2v) is 7.75. The number of nitrogens with zero attached hydrogens (tertiary/aromatic N) is 2. The van der Waals surface area contributed by atoms with Crippen molar-refractivity contribution in [2.24, 2.45) is 0 Å². The first-order valence-electron chi connectivity index (χ1n) is 9.99. The monoisotopic (exact) mass is 370 g/mol. The average Bonchev–Trinajstić information content (AvgIpc) is 2.93. The number of anilines is 1. The highest BCUT2D eigenvalue weighted by Gasteiger charge is 2.56. The van der Waals surface area contributed by atoms with Gasteiger partial charge in [0, 0.05) is 19.0 Å². The van der Waals surface area contributed by atoms with Crippen molar-refractivity contribution in [1.82, 2.24) is 4.90 Å². The van der Waals surface area contributed by atoms with Gasteiger partial charge in [0.1, 0.15) is 0 Å². The molecule has 144 valence electrons. The van der Waals surface area contributed by atoms with Gasteiger partial charge >= 0.3 is 6.09 Å². The molecule has 6 nitrogen and oxygen atoms in total. The van der Waals surface area contributed by atoms with Gasteiger partial charge in [0.05, 0.1) is 17.7 Å². The summed E-state index contributed by atoms with van der Waals surface area (Å²) in [4.78, 5) is 41.7. The number of para-hydroxylation sites is 1. The first-order valence-corrected chi connectivity index (χ1v) is 9.99. The van der Waals surface area contributed by atoms with Crippen LogP contribution in [-0.4, -0.2) is 42.0 Å². The number of fused-ring (bicyclic) bond motifs is 2. The Balaban J connectivity index is 1.72. The molecule has 1 saturated heterocycles. The van der Waals surface area contributed by atoms with Crippen molar-refractivity contribution >= 4 is 23.6 Å². The number of carbonyl (C=O) groups excluding carboxylic acids is 3. The number of ether oxygens (including phenoxy) is 1. The maximum atomic E-state index is 13.5. The maximum Gasteiger partial charge on any atom is 0.421 e. The van der Waals surface area contributed by atoms with Crippen LogP contribution in [0.3, 0.4) is 0 Å². The summed E-state index contributed by atoms with van der Waals surface area (Å²) in [6, 6.07) is 7.63. The van der Waals surface area contributed by atoms with E-state index >= 15 is 0 Å². The van der Waals surface area contributed by atoms with E-state index in [0.29, 0.717) is 25.1 Å². The van der Waals surface area contributed by atoms with Crippen LogP contribution >= 0.6 is 0 Å². The zero-order chi connectivity index (χ0) is 19.0. The molecule has 2 aliphatic heterocycles. The lowest BCUT2D eigenvalue weighted by Gasteiger charge is -2.44. The van der Waals surface area contributed by atoms with E-state index in [4.69, 9.17) is 4.74 Å². The largest absolute Gasteiger partial charge is 0.449 e. The first kappa shape index (κ1) is 18.0. The molecule has 3 aliphatic rings.